The fourth-order valence-corrected chi connectivity index (χ4v) is 6.13. The van der Waals surface area contributed by atoms with E-state index in [1.807, 2.05) is 24.3 Å². The van der Waals surface area contributed by atoms with Gasteiger partial charge in [-0.3, -0.25) is 14.5 Å². The second kappa shape index (κ2) is 8.49. The Kier molecular flexibility index (Phi) is 5.62. The number of carbonyl (C=O) groups excluding carboxylic acids is 3. The van der Waals surface area contributed by atoms with Crippen molar-refractivity contribution in [3.05, 3.63) is 59.7 Å². The van der Waals surface area contributed by atoms with E-state index in [-0.39, 0.29) is 4.90 Å². The van der Waals surface area contributed by atoms with Gasteiger partial charge in [0.2, 0.25) is 15.9 Å². The third-order valence-corrected chi connectivity index (χ3v) is 8.38. The van der Waals surface area contributed by atoms with E-state index in [9.17, 15) is 22.8 Å². The van der Waals surface area contributed by atoms with E-state index in [1.165, 1.54) is 28.6 Å². The molecule has 2 heterocycles. The Bertz CT molecular complexity index is 1260. The molecule has 0 radical (unpaired) electrons. The first kappa shape index (κ1) is 22.5. The van der Waals surface area contributed by atoms with Gasteiger partial charge in [0.1, 0.15) is 12.1 Å². The molecular weight excluding hydrogens is 460 g/mol. The van der Waals surface area contributed by atoms with Gasteiger partial charge in [0.15, 0.2) is 0 Å². The molecule has 1 atom stereocenters. The molecule has 1 spiro atoms. The van der Waals surface area contributed by atoms with Crippen LogP contribution in [-0.2, 0) is 36.3 Å². The van der Waals surface area contributed by atoms with Crippen LogP contribution in [0.1, 0.15) is 17.5 Å². The summed E-state index contributed by atoms with van der Waals surface area (Å²) in [6.45, 7) is 0.839. The molecule has 2 saturated heterocycles. The minimum atomic E-state index is -3.64. The largest absolute Gasteiger partial charge is 0.379 e. The summed E-state index contributed by atoms with van der Waals surface area (Å²) in [6.07, 6.45) is 1.12. The number of aryl methyl sites for hydroxylation is 1. The van der Waals surface area contributed by atoms with Crippen molar-refractivity contribution in [2.75, 3.05) is 38.2 Å². The van der Waals surface area contributed by atoms with Crippen LogP contribution in [-0.4, -0.2) is 68.3 Å². The van der Waals surface area contributed by atoms with Crippen molar-refractivity contribution in [1.29, 1.82) is 0 Å². The highest BCUT2D eigenvalue weighted by Gasteiger charge is 2.55. The van der Waals surface area contributed by atoms with E-state index in [4.69, 9.17) is 4.74 Å². The first-order valence-corrected chi connectivity index (χ1v) is 12.5. The summed E-state index contributed by atoms with van der Waals surface area (Å²) in [5, 5.41) is 5.41. The molecule has 5 rings (SSSR count). The van der Waals surface area contributed by atoms with Crippen LogP contribution in [0.2, 0.25) is 0 Å². The lowest BCUT2D eigenvalue weighted by molar-refractivity contribution is -0.134. The molecule has 0 aromatic heterocycles. The Morgan fingerprint density at radius 2 is 1.76 bits per heavy atom. The van der Waals surface area contributed by atoms with Gasteiger partial charge in [-0.1, -0.05) is 24.3 Å². The van der Waals surface area contributed by atoms with Gasteiger partial charge < -0.3 is 15.4 Å². The van der Waals surface area contributed by atoms with Crippen molar-refractivity contribution < 1.29 is 27.5 Å². The fraction of sp³-hybridized carbons (Fsp3) is 0.348. The van der Waals surface area contributed by atoms with E-state index in [1.54, 1.807) is 0 Å². The summed E-state index contributed by atoms with van der Waals surface area (Å²) < 4.78 is 32.0. The van der Waals surface area contributed by atoms with E-state index < -0.39 is 40.0 Å². The third-order valence-electron chi connectivity index (χ3n) is 6.47. The molecule has 10 nitrogen and oxygen atoms in total. The number of imide groups is 1. The smallest absolute Gasteiger partial charge is 0.325 e. The second-order valence-corrected chi connectivity index (χ2v) is 10.4. The highest BCUT2D eigenvalue weighted by Crippen LogP contribution is 2.41. The Morgan fingerprint density at radius 3 is 2.50 bits per heavy atom. The van der Waals surface area contributed by atoms with Crippen LogP contribution in [0.5, 0.6) is 0 Å². The molecule has 2 N–H and O–H groups in total. The Balaban J connectivity index is 1.25. The number of rotatable bonds is 5. The summed E-state index contributed by atoms with van der Waals surface area (Å²) in [5.41, 5.74) is 1.02. The predicted molar refractivity (Wildman–Crippen MR) is 121 cm³/mol. The molecule has 0 saturated carbocycles. The highest BCUT2D eigenvalue weighted by molar-refractivity contribution is 7.89. The molecule has 178 valence electrons. The zero-order valence-corrected chi connectivity index (χ0v) is 19.1. The molecule has 2 aromatic carbocycles. The average Bonchev–Trinajstić information content (AvgIpc) is 3.33. The highest BCUT2D eigenvalue weighted by atomic mass is 32.2. The Labute approximate surface area is 196 Å². The quantitative estimate of drug-likeness (QED) is 0.611. The van der Waals surface area contributed by atoms with Crippen molar-refractivity contribution in [2.45, 2.75) is 23.3 Å². The standard InChI is InChI=1S/C23H24N4O6S/c28-20(24-17-5-7-18(8-6-17)34(31,32)26-11-13-33-14-12-26)15-27-21(29)23(25-22(27)30)10-9-16-3-1-2-4-19(16)23/h1-8H,9-15H2,(H,24,28)(H,25,30). The number of nitrogens with zero attached hydrogens (tertiary/aromatic N) is 2. The molecule has 1 aliphatic carbocycles. The van der Waals surface area contributed by atoms with Crippen molar-refractivity contribution in [3.8, 4) is 0 Å². The van der Waals surface area contributed by atoms with Crippen molar-refractivity contribution in [2.24, 2.45) is 0 Å². The number of benzene rings is 2. The number of hydrogen-bond donors (Lipinski definition) is 2. The van der Waals surface area contributed by atoms with E-state index >= 15 is 0 Å². The third kappa shape index (κ3) is 3.75. The van der Waals surface area contributed by atoms with E-state index in [0.29, 0.717) is 44.8 Å². The van der Waals surface area contributed by atoms with Crippen molar-refractivity contribution in [3.63, 3.8) is 0 Å². The minimum Gasteiger partial charge on any atom is -0.379 e. The predicted octanol–water partition coefficient (Wildman–Crippen LogP) is 1.04. The number of amides is 4. The van der Waals surface area contributed by atoms with Gasteiger partial charge >= 0.3 is 6.03 Å². The van der Waals surface area contributed by atoms with Gasteiger partial charge in [-0.15, -0.1) is 0 Å². The number of carbonyl (C=O) groups is 3. The number of hydrogen-bond acceptors (Lipinski definition) is 6. The summed E-state index contributed by atoms with van der Waals surface area (Å²) in [4.78, 5) is 39.4. The number of ether oxygens (including phenoxy) is 1. The molecule has 3 aliphatic rings. The molecule has 34 heavy (non-hydrogen) atoms. The van der Waals surface area contributed by atoms with Crippen LogP contribution in [0.4, 0.5) is 10.5 Å². The summed E-state index contributed by atoms with van der Waals surface area (Å²) >= 11 is 0. The first-order valence-electron chi connectivity index (χ1n) is 11.0. The number of fused-ring (bicyclic) bond motifs is 2. The molecular formula is C23H24N4O6S. The minimum absolute atomic E-state index is 0.114. The summed E-state index contributed by atoms with van der Waals surface area (Å²) in [5.74, 6) is -1.000. The lowest BCUT2D eigenvalue weighted by Crippen LogP contribution is -2.43. The van der Waals surface area contributed by atoms with Crippen molar-refractivity contribution >= 4 is 33.6 Å². The van der Waals surface area contributed by atoms with Crippen LogP contribution < -0.4 is 10.6 Å². The van der Waals surface area contributed by atoms with Crippen LogP contribution in [0.15, 0.2) is 53.4 Å². The van der Waals surface area contributed by atoms with Crippen molar-refractivity contribution in [1.82, 2.24) is 14.5 Å². The maximum absolute atomic E-state index is 13.2. The van der Waals surface area contributed by atoms with Crippen LogP contribution in [0, 0.1) is 0 Å². The van der Waals surface area contributed by atoms with Crippen LogP contribution >= 0.6 is 0 Å². The topological polar surface area (TPSA) is 125 Å². The van der Waals surface area contributed by atoms with Gasteiger partial charge in [0.05, 0.1) is 18.1 Å². The normalized spacial score (nSPS) is 22.6. The molecule has 1 unspecified atom stereocenters. The molecule has 11 heteroatoms. The first-order chi connectivity index (χ1) is 16.3. The SMILES string of the molecule is O=C(CN1C(=O)NC2(CCc3ccccc32)C1=O)Nc1ccc(S(=O)(=O)N2CCOCC2)cc1. The molecule has 2 fully saturated rings. The monoisotopic (exact) mass is 484 g/mol. The maximum Gasteiger partial charge on any atom is 0.325 e. The van der Waals surface area contributed by atoms with Gasteiger partial charge in [-0.05, 0) is 48.2 Å². The Hall–Kier alpha value is -3.28. The average molecular weight is 485 g/mol. The number of sulfonamides is 1. The number of anilines is 1. The van der Waals surface area contributed by atoms with Gasteiger partial charge in [-0.2, -0.15) is 4.31 Å². The summed E-state index contributed by atoms with van der Waals surface area (Å²) in [7, 11) is -3.64. The van der Waals surface area contributed by atoms with Gasteiger partial charge in [-0.25, -0.2) is 13.2 Å². The molecule has 2 aromatic rings. The molecule has 0 bridgehead atoms. The maximum atomic E-state index is 13.2. The van der Waals surface area contributed by atoms with Crippen LogP contribution in [0.3, 0.4) is 0 Å². The second-order valence-electron chi connectivity index (χ2n) is 8.47. The number of urea groups is 1. The molecule has 4 amide bonds. The zero-order valence-electron chi connectivity index (χ0n) is 18.3. The van der Waals surface area contributed by atoms with Gasteiger partial charge in [0.25, 0.3) is 5.91 Å². The lowest BCUT2D eigenvalue weighted by Gasteiger charge is -2.26. The molecule has 2 aliphatic heterocycles. The number of nitrogens with one attached hydrogen (secondary N) is 2. The van der Waals surface area contributed by atoms with E-state index in [2.05, 4.69) is 10.6 Å². The Morgan fingerprint density at radius 1 is 1.06 bits per heavy atom. The lowest BCUT2D eigenvalue weighted by atomic mass is 9.92. The fourth-order valence-electron chi connectivity index (χ4n) is 4.72. The van der Waals surface area contributed by atoms with Gasteiger partial charge in [0, 0.05) is 18.8 Å². The zero-order chi connectivity index (χ0) is 23.9. The summed E-state index contributed by atoms with van der Waals surface area (Å²) in [6, 6.07) is 12.7. The van der Waals surface area contributed by atoms with E-state index in [0.717, 1.165) is 16.0 Å². The number of morpholine rings is 1. The van der Waals surface area contributed by atoms with Crippen LogP contribution in [0.25, 0.3) is 0 Å².